The Labute approximate surface area is 113 Å². The minimum Gasteiger partial charge on any atom is -0.330 e. The van der Waals surface area contributed by atoms with Crippen LogP contribution in [0.25, 0.3) is 0 Å². The Balaban J connectivity index is 2.58. The van der Waals surface area contributed by atoms with Crippen LogP contribution in [0.3, 0.4) is 0 Å². The van der Waals surface area contributed by atoms with Gasteiger partial charge in [-0.15, -0.1) is 0 Å². The van der Waals surface area contributed by atoms with Gasteiger partial charge in [0.15, 0.2) is 0 Å². The molecule has 0 bridgehead atoms. The van der Waals surface area contributed by atoms with Crippen molar-refractivity contribution in [2.24, 2.45) is 11.5 Å². The van der Waals surface area contributed by atoms with Gasteiger partial charge in [-0.25, -0.2) is 0 Å². The molecule has 18 heavy (non-hydrogen) atoms. The van der Waals surface area contributed by atoms with E-state index < -0.39 is 0 Å². The number of nitrogens with two attached hydrogens (primary N) is 2. The Morgan fingerprint density at radius 3 is 2.22 bits per heavy atom. The van der Waals surface area contributed by atoms with Gasteiger partial charge in [-0.2, -0.15) is 0 Å². The van der Waals surface area contributed by atoms with E-state index in [0.29, 0.717) is 0 Å². The van der Waals surface area contributed by atoms with E-state index in [1.165, 1.54) is 32.1 Å². The lowest BCUT2D eigenvalue weighted by molar-refractivity contribution is 0.117. The summed E-state index contributed by atoms with van der Waals surface area (Å²) in [7, 11) is 0. The smallest absolute Gasteiger partial charge is 0.0278 e. The number of nitrogens with zero attached hydrogens (tertiary/aromatic N) is 1. The molecule has 1 aliphatic rings. The third-order valence-electron chi connectivity index (χ3n) is 4.67. The normalized spacial score (nSPS) is 18.5. The third-order valence-corrected chi connectivity index (χ3v) is 4.67. The molecule has 1 saturated carbocycles. The van der Waals surface area contributed by atoms with Crippen molar-refractivity contribution in [2.75, 3.05) is 19.6 Å². The minimum atomic E-state index is -0.00789. The Morgan fingerprint density at radius 2 is 1.72 bits per heavy atom. The summed E-state index contributed by atoms with van der Waals surface area (Å²) in [5.74, 6) is 0. The van der Waals surface area contributed by atoms with Gasteiger partial charge >= 0.3 is 0 Å². The lowest BCUT2D eigenvalue weighted by Gasteiger charge is -2.40. The highest BCUT2D eigenvalue weighted by atomic mass is 15.2. The molecule has 3 heteroatoms. The van der Waals surface area contributed by atoms with Crippen molar-refractivity contribution in [1.29, 1.82) is 0 Å². The van der Waals surface area contributed by atoms with Crippen LogP contribution in [0.1, 0.15) is 65.2 Å². The summed E-state index contributed by atoms with van der Waals surface area (Å²) in [5.41, 5.74) is 12.2. The second-order valence-corrected chi connectivity index (χ2v) is 5.97. The first-order chi connectivity index (χ1) is 8.65. The molecule has 4 N–H and O–H groups in total. The van der Waals surface area contributed by atoms with E-state index in [1.807, 2.05) is 0 Å². The molecule has 1 fully saturated rings. The largest absolute Gasteiger partial charge is 0.330 e. The lowest BCUT2D eigenvalue weighted by atomic mass is 9.89. The molecule has 1 aliphatic carbocycles. The van der Waals surface area contributed by atoms with Crippen molar-refractivity contribution < 1.29 is 0 Å². The molecule has 3 nitrogen and oxygen atoms in total. The molecule has 0 aromatic rings. The highest BCUT2D eigenvalue weighted by molar-refractivity contribution is 4.88. The van der Waals surface area contributed by atoms with E-state index in [1.54, 1.807) is 0 Å². The average Bonchev–Trinajstić information content (AvgIpc) is 2.44. The van der Waals surface area contributed by atoms with Crippen molar-refractivity contribution >= 4 is 0 Å². The molecule has 0 atom stereocenters. The standard InChI is InChI=1S/C15H33N3/c1-3-15(17,4-2)13-18(12-8-11-16)14-9-6-5-7-10-14/h14H,3-13,16-17H2,1-2H3. The van der Waals surface area contributed by atoms with Gasteiger partial charge in [0.25, 0.3) is 0 Å². The molecule has 0 spiro atoms. The first-order valence-electron chi connectivity index (χ1n) is 7.88. The van der Waals surface area contributed by atoms with E-state index >= 15 is 0 Å². The van der Waals surface area contributed by atoms with Gasteiger partial charge in [0.2, 0.25) is 0 Å². The molecule has 0 aliphatic heterocycles. The quantitative estimate of drug-likeness (QED) is 0.700. The highest BCUT2D eigenvalue weighted by Gasteiger charge is 2.28. The van der Waals surface area contributed by atoms with Crippen molar-refractivity contribution in [3.05, 3.63) is 0 Å². The third kappa shape index (κ3) is 4.87. The monoisotopic (exact) mass is 255 g/mol. The van der Waals surface area contributed by atoms with Gasteiger partial charge in [-0.3, -0.25) is 4.90 Å². The topological polar surface area (TPSA) is 55.3 Å². The summed E-state index contributed by atoms with van der Waals surface area (Å²) in [6.45, 7) is 7.39. The lowest BCUT2D eigenvalue weighted by Crippen LogP contribution is -2.53. The van der Waals surface area contributed by atoms with Crippen LogP contribution in [0.2, 0.25) is 0 Å². The molecule has 0 amide bonds. The van der Waals surface area contributed by atoms with Crippen LogP contribution in [0.5, 0.6) is 0 Å². The van der Waals surface area contributed by atoms with Crippen LogP contribution in [-0.2, 0) is 0 Å². The minimum absolute atomic E-state index is 0.00789. The first kappa shape index (κ1) is 15.9. The van der Waals surface area contributed by atoms with Gasteiger partial charge in [-0.05, 0) is 45.2 Å². The van der Waals surface area contributed by atoms with Crippen molar-refractivity contribution in [3.8, 4) is 0 Å². The van der Waals surface area contributed by atoms with E-state index in [4.69, 9.17) is 11.5 Å². The summed E-state index contributed by atoms with van der Waals surface area (Å²) in [4.78, 5) is 2.64. The Hall–Kier alpha value is -0.120. The fourth-order valence-electron chi connectivity index (χ4n) is 3.01. The molecule has 0 radical (unpaired) electrons. The molecule has 0 aromatic carbocycles. The molecular formula is C15H33N3. The van der Waals surface area contributed by atoms with Crippen molar-refractivity contribution in [3.63, 3.8) is 0 Å². The molecule has 1 rings (SSSR count). The van der Waals surface area contributed by atoms with E-state index in [2.05, 4.69) is 18.7 Å². The summed E-state index contributed by atoms with van der Waals surface area (Å²) >= 11 is 0. The summed E-state index contributed by atoms with van der Waals surface area (Å²) in [5, 5.41) is 0. The fourth-order valence-corrected chi connectivity index (χ4v) is 3.01. The van der Waals surface area contributed by atoms with Crippen molar-refractivity contribution in [2.45, 2.75) is 76.8 Å². The number of hydrogen-bond acceptors (Lipinski definition) is 3. The van der Waals surface area contributed by atoms with Gasteiger partial charge < -0.3 is 11.5 Å². The summed E-state index contributed by atoms with van der Waals surface area (Å²) in [6, 6.07) is 0.756. The average molecular weight is 255 g/mol. The second-order valence-electron chi connectivity index (χ2n) is 5.97. The van der Waals surface area contributed by atoms with Gasteiger partial charge in [-0.1, -0.05) is 33.1 Å². The zero-order chi connectivity index (χ0) is 13.4. The molecule has 108 valence electrons. The maximum Gasteiger partial charge on any atom is 0.0278 e. The molecule has 0 heterocycles. The highest BCUT2D eigenvalue weighted by Crippen LogP contribution is 2.25. The van der Waals surface area contributed by atoms with E-state index in [9.17, 15) is 0 Å². The summed E-state index contributed by atoms with van der Waals surface area (Å²) in [6.07, 6.45) is 10.1. The maximum absolute atomic E-state index is 6.50. The van der Waals surface area contributed by atoms with Gasteiger partial charge in [0.05, 0.1) is 0 Å². The predicted octanol–water partition coefficient (Wildman–Crippen LogP) is 2.49. The van der Waals surface area contributed by atoms with Crippen LogP contribution in [0.15, 0.2) is 0 Å². The zero-order valence-corrected chi connectivity index (χ0v) is 12.5. The van der Waals surface area contributed by atoms with Gasteiger partial charge in [0.1, 0.15) is 0 Å². The van der Waals surface area contributed by atoms with Gasteiger partial charge in [0, 0.05) is 18.1 Å². The van der Waals surface area contributed by atoms with Crippen LogP contribution < -0.4 is 11.5 Å². The van der Waals surface area contributed by atoms with Crippen LogP contribution in [0.4, 0.5) is 0 Å². The summed E-state index contributed by atoms with van der Waals surface area (Å²) < 4.78 is 0. The van der Waals surface area contributed by atoms with Crippen LogP contribution in [0, 0.1) is 0 Å². The molecule has 0 unspecified atom stereocenters. The molecule has 0 aromatic heterocycles. The predicted molar refractivity (Wildman–Crippen MR) is 79.6 cm³/mol. The van der Waals surface area contributed by atoms with E-state index in [0.717, 1.165) is 44.9 Å². The Kier molecular flexibility index (Phi) is 7.20. The van der Waals surface area contributed by atoms with E-state index in [-0.39, 0.29) is 5.54 Å². The molecular weight excluding hydrogens is 222 g/mol. The number of hydrogen-bond donors (Lipinski definition) is 2. The fraction of sp³-hybridized carbons (Fsp3) is 1.00. The maximum atomic E-state index is 6.50. The van der Waals surface area contributed by atoms with Crippen molar-refractivity contribution in [1.82, 2.24) is 4.90 Å². The van der Waals surface area contributed by atoms with Crippen LogP contribution >= 0.6 is 0 Å². The number of rotatable bonds is 8. The molecule has 0 saturated heterocycles. The zero-order valence-electron chi connectivity index (χ0n) is 12.5. The Bertz CT molecular complexity index is 208. The second kappa shape index (κ2) is 8.13. The van der Waals surface area contributed by atoms with Crippen LogP contribution in [-0.4, -0.2) is 36.1 Å². The SMILES string of the molecule is CCC(N)(CC)CN(CCCN)C1CCCCC1. The first-order valence-corrected chi connectivity index (χ1v) is 7.88. The Morgan fingerprint density at radius 1 is 1.11 bits per heavy atom.